The molecule has 1 aliphatic rings. The third-order valence-corrected chi connectivity index (χ3v) is 8.31. The van der Waals surface area contributed by atoms with Gasteiger partial charge < -0.3 is 9.80 Å². The normalized spacial score (nSPS) is 16.0. The van der Waals surface area contributed by atoms with Crippen molar-refractivity contribution < 1.29 is 22.4 Å². The van der Waals surface area contributed by atoms with Gasteiger partial charge in [0.15, 0.2) is 0 Å². The van der Waals surface area contributed by atoms with Crippen LogP contribution in [0.2, 0.25) is 0 Å². The fourth-order valence-electron chi connectivity index (χ4n) is 5.75. The maximum absolute atomic E-state index is 14.0. The molecule has 0 saturated carbocycles. The number of carbonyl (C=O) groups excluding carboxylic acids is 1. The average Bonchev–Trinajstić information content (AvgIpc) is 3.54. The van der Waals surface area contributed by atoms with E-state index >= 15 is 0 Å². The predicted molar refractivity (Wildman–Crippen MR) is 155 cm³/mol. The Kier molecular flexibility index (Phi) is 7.79. The second-order valence-electron chi connectivity index (χ2n) is 11.7. The minimum absolute atomic E-state index is 0.0186. The number of imidazole rings is 1. The van der Waals surface area contributed by atoms with Gasteiger partial charge in [0.25, 0.3) is 0 Å². The molecule has 9 nitrogen and oxygen atoms in total. The van der Waals surface area contributed by atoms with Crippen molar-refractivity contribution in [3.05, 3.63) is 88.1 Å². The van der Waals surface area contributed by atoms with E-state index in [1.165, 1.54) is 23.0 Å². The van der Waals surface area contributed by atoms with Crippen molar-refractivity contribution in [2.24, 2.45) is 5.92 Å². The largest absolute Gasteiger partial charge is 0.416 e. The summed E-state index contributed by atoms with van der Waals surface area (Å²) >= 11 is 0. The van der Waals surface area contributed by atoms with Gasteiger partial charge >= 0.3 is 17.9 Å². The van der Waals surface area contributed by atoms with Gasteiger partial charge in [0.2, 0.25) is 0 Å². The molecule has 1 aliphatic heterocycles. The Labute approximate surface area is 247 Å². The SMILES string of the molecule is Cc1c(-c2ccnn2-c2ccc(C#N)cc2)n(C(=O)NC(C)C2CC[N+](C)(C)CC2)c(=O)n1-c1cccc(C(F)(F)F)c1. The average molecular weight is 593 g/mol. The minimum Gasteiger partial charge on any atom is -0.335 e. The molecule has 2 aromatic carbocycles. The van der Waals surface area contributed by atoms with Gasteiger partial charge in [-0.25, -0.2) is 18.8 Å². The molecule has 5 rings (SSSR count). The molecule has 0 bridgehead atoms. The maximum Gasteiger partial charge on any atom is 0.416 e. The van der Waals surface area contributed by atoms with Gasteiger partial charge in [0.1, 0.15) is 5.69 Å². The van der Waals surface area contributed by atoms with Crippen molar-refractivity contribution in [2.75, 3.05) is 27.2 Å². The molecule has 0 aliphatic carbocycles. The van der Waals surface area contributed by atoms with Crippen LogP contribution < -0.4 is 11.0 Å². The molecule has 1 atom stereocenters. The first-order chi connectivity index (χ1) is 20.3. The molecule has 0 spiro atoms. The lowest BCUT2D eigenvalue weighted by atomic mass is 9.89. The Morgan fingerprint density at radius 3 is 2.40 bits per heavy atom. The summed E-state index contributed by atoms with van der Waals surface area (Å²) in [4.78, 5) is 27.9. The summed E-state index contributed by atoms with van der Waals surface area (Å²) in [5.74, 6) is 0.213. The Hall–Kier alpha value is -4.63. The summed E-state index contributed by atoms with van der Waals surface area (Å²) in [6, 6.07) is 13.8. The van der Waals surface area contributed by atoms with Gasteiger partial charge in [-0.3, -0.25) is 4.57 Å². The number of nitriles is 1. The Balaban J connectivity index is 1.63. The number of hydrogen-bond donors (Lipinski definition) is 1. The molecule has 1 unspecified atom stereocenters. The van der Waals surface area contributed by atoms with E-state index in [0.717, 1.165) is 51.7 Å². The fraction of sp³-hybridized carbons (Fsp3) is 0.355. The summed E-state index contributed by atoms with van der Waals surface area (Å²) in [5, 5.41) is 16.6. The number of carbonyl (C=O) groups is 1. The number of nitrogens with zero attached hydrogens (tertiary/aromatic N) is 6. The predicted octanol–water partition coefficient (Wildman–Crippen LogP) is 5.12. The van der Waals surface area contributed by atoms with Crippen LogP contribution in [0.1, 0.15) is 36.6 Å². The number of alkyl halides is 3. The van der Waals surface area contributed by atoms with Crippen LogP contribution in [0, 0.1) is 24.2 Å². The lowest BCUT2D eigenvalue weighted by Crippen LogP contribution is -2.51. The van der Waals surface area contributed by atoms with Crippen molar-refractivity contribution in [3.8, 4) is 28.8 Å². The van der Waals surface area contributed by atoms with E-state index in [1.807, 2.05) is 6.92 Å². The second kappa shape index (κ2) is 11.2. The summed E-state index contributed by atoms with van der Waals surface area (Å²) in [5.41, 5.74) is 0.116. The summed E-state index contributed by atoms with van der Waals surface area (Å²) < 4.78 is 45.3. The molecule has 1 saturated heterocycles. The number of piperidine rings is 1. The molecule has 12 heteroatoms. The highest BCUT2D eigenvalue weighted by Crippen LogP contribution is 2.32. The molecule has 2 aromatic heterocycles. The van der Waals surface area contributed by atoms with E-state index < -0.39 is 23.5 Å². The number of rotatable bonds is 5. The van der Waals surface area contributed by atoms with Crippen LogP contribution in [0.4, 0.5) is 18.0 Å². The van der Waals surface area contributed by atoms with Crippen LogP contribution in [0.3, 0.4) is 0 Å². The number of amides is 1. The molecule has 43 heavy (non-hydrogen) atoms. The van der Waals surface area contributed by atoms with Crippen LogP contribution in [0.5, 0.6) is 0 Å². The van der Waals surface area contributed by atoms with Crippen LogP contribution in [0.25, 0.3) is 22.8 Å². The highest BCUT2D eigenvalue weighted by Gasteiger charge is 2.34. The van der Waals surface area contributed by atoms with Crippen LogP contribution in [0.15, 0.2) is 65.6 Å². The maximum atomic E-state index is 14.0. The number of benzene rings is 2. The van der Waals surface area contributed by atoms with E-state index in [1.54, 1.807) is 37.3 Å². The molecule has 224 valence electrons. The number of nitrogens with one attached hydrogen (secondary N) is 1. The first-order valence-corrected chi connectivity index (χ1v) is 14.0. The third-order valence-electron chi connectivity index (χ3n) is 8.31. The Morgan fingerprint density at radius 1 is 1.09 bits per heavy atom. The number of hydrogen-bond acceptors (Lipinski definition) is 4. The minimum atomic E-state index is -4.62. The molecule has 1 amide bonds. The summed E-state index contributed by atoms with van der Waals surface area (Å²) in [6.45, 7) is 5.42. The van der Waals surface area contributed by atoms with E-state index in [2.05, 4.69) is 30.6 Å². The van der Waals surface area contributed by atoms with Crippen molar-refractivity contribution in [1.82, 2.24) is 24.2 Å². The highest BCUT2D eigenvalue weighted by molar-refractivity contribution is 5.83. The summed E-state index contributed by atoms with van der Waals surface area (Å²) in [7, 11) is 4.34. The zero-order chi connectivity index (χ0) is 31.1. The van der Waals surface area contributed by atoms with E-state index in [4.69, 9.17) is 0 Å². The second-order valence-corrected chi connectivity index (χ2v) is 11.7. The van der Waals surface area contributed by atoms with Gasteiger partial charge in [0, 0.05) is 18.9 Å². The quantitative estimate of drug-likeness (QED) is 0.325. The number of quaternary nitrogens is 1. The first kappa shape index (κ1) is 29.8. The fourth-order valence-corrected chi connectivity index (χ4v) is 5.75. The molecular formula is C31H33F3N7O2+. The number of aromatic nitrogens is 4. The standard InChI is InChI=1S/C31H32F3N7O2/c1-20(23-13-16-41(3,4)17-14-23)37-29(42)39-28(27-12-15-36-40(27)25-10-8-22(19-35)9-11-25)21(2)38(30(39)43)26-7-5-6-24(18-26)31(32,33)34/h5-12,15,18,20,23H,13-14,16-17H2,1-4H3/p+1. The smallest absolute Gasteiger partial charge is 0.335 e. The summed E-state index contributed by atoms with van der Waals surface area (Å²) in [6.07, 6.45) is -1.29. The van der Waals surface area contributed by atoms with Crippen molar-refractivity contribution in [2.45, 2.75) is 38.9 Å². The lowest BCUT2D eigenvalue weighted by molar-refractivity contribution is -0.896. The van der Waals surface area contributed by atoms with E-state index in [9.17, 15) is 28.0 Å². The molecular weight excluding hydrogens is 559 g/mol. The Morgan fingerprint density at radius 2 is 1.77 bits per heavy atom. The van der Waals surface area contributed by atoms with Crippen molar-refractivity contribution >= 4 is 6.03 Å². The van der Waals surface area contributed by atoms with E-state index in [-0.39, 0.29) is 29.0 Å². The zero-order valence-electron chi connectivity index (χ0n) is 24.4. The van der Waals surface area contributed by atoms with Crippen LogP contribution in [-0.2, 0) is 6.18 Å². The Bertz CT molecular complexity index is 1750. The molecule has 4 aromatic rings. The van der Waals surface area contributed by atoms with Crippen LogP contribution in [-0.4, -0.2) is 62.7 Å². The lowest BCUT2D eigenvalue weighted by Gasteiger charge is -2.39. The van der Waals surface area contributed by atoms with Crippen molar-refractivity contribution in [3.63, 3.8) is 0 Å². The van der Waals surface area contributed by atoms with Crippen LogP contribution >= 0.6 is 0 Å². The number of halogens is 3. The van der Waals surface area contributed by atoms with E-state index in [0.29, 0.717) is 16.9 Å². The zero-order valence-corrected chi connectivity index (χ0v) is 24.4. The molecule has 1 fully saturated rings. The monoisotopic (exact) mass is 592 g/mol. The first-order valence-electron chi connectivity index (χ1n) is 14.0. The number of likely N-dealkylation sites (tertiary alicyclic amines) is 1. The highest BCUT2D eigenvalue weighted by atomic mass is 19.4. The molecule has 0 radical (unpaired) electrons. The van der Waals surface area contributed by atoms with Gasteiger partial charge in [0.05, 0.1) is 73.3 Å². The van der Waals surface area contributed by atoms with Gasteiger partial charge in [-0.05, 0) is 68.3 Å². The third kappa shape index (κ3) is 5.85. The molecule has 1 N–H and O–H groups in total. The molecule has 3 heterocycles. The van der Waals surface area contributed by atoms with Gasteiger partial charge in [-0.1, -0.05) is 6.07 Å². The van der Waals surface area contributed by atoms with Crippen molar-refractivity contribution in [1.29, 1.82) is 5.26 Å². The topological polar surface area (TPSA) is 97.6 Å². The van der Waals surface area contributed by atoms with Gasteiger partial charge in [-0.15, -0.1) is 0 Å². The van der Waals surface area contributed by atoms with Gasteiger partial charge in [-0.2, -0.15) is 23.5 Å².